The Morgan fingerprint density at radius 1 is 1.56 bits per heavy atom. The molecule has 1 aliphatic heterocycles. The van der Waals surface area contributed by atoms with E-state index in [0.29, 0.717) is 0 Å². The topological polar surface area (TPSA) is 60.2 Å². The van der Waals surface area contributed by atoms with Gasteiger partial charge in [-0.2, -0.15) is 5.26 Å². The lowest BCUT2D eigenvalue weighted by Crippen LogP contribution is -2.07. The monoisotopic (exact) mass is 231 g/mol. The van der Waals surface area contributed by atoms with Crippen molar-refractivity contribution in [3.63, 3.8) is 0 Å². The van der Waals surface area contributed by atoms with Gasteiger partial charge >= 0.3 is 0 Å². The van der Waals surface area contributed by atoms with Crippen LogP contribution in [-0.4, -0.2) is 22.0 Å². The second-order valence-corrected chi connectivity index (χ2v) is 5.07. The van der Waals surface area contributed by atoms with E-state index in [2.05, 4.69) is 9.88 Å². The van der Waals surface area contributed by atoms with E-state index in [4.69, 9.17) is 5.26 Å². The molecule has 2 aromatic heterocycles. The van der Waals surface area contributed by atoms with Gasteiger partial charge in [-0.15, -0.1) is 11.3 Å². The lowest BCUT2D eigenvalue weighted by molar-refractivity contribution is 0.354. The van der Waals surface area contributed by atoms with Gasteiger partial charge in [-0.1, -0.05) is 0 Å². The molecule has 0 atom stereocenters. The van der Waals surface area contributed by atoms with Gasteiger partial charge in [0, 0.05) is 18.0 Å². The molecule has 0 saturated carbocycles. The number of hydrogen-bond acceptors (Lipinski definition) is 5. The number of aromatic hydroxyl groups is 1. The van der Waals surface area contributed by atoms with Crippen LogP contribution in [0.25, 0.3) is 10.2 Å². The normalized spacial score (nSPS) is 15.2. The molecule has 0 bridgehead atoms. The van der Waals surface area contributed by atoms with Gasteiger partial charge in [0.2, 0.25) is 0 Å². The molecule has 0 unspecified atom stereocenters. The maximum absolute atomic E-state index is 10.0. The molecule has 80 valence electrons. The number of hydrogen-bond donors (Lipinski definition) is 1. The van der Waals surface area contributed by atoms with Crippen LogP contribution < -0.4 is 0 Å². The van der Waals surface area contributed by atoms with Crippen molar-refractivity contribution >= 4 is 21.6 Å². The van der Waals surface area contributed by atoms with Gasteiger partial charge in [-0.05, 0) is 12.6 Å². The van der Waals surface area contributed by atoms with E-state index in [1.165, 1.54) is 11.1 Å². The number of rotatable bonds is 0. The van der Waals surface area contributed by atoms with Gasteiger partial charge < -0.3 is 5.11 Å². The number of aromatic nitrogens is 1. The standard InChI is InChI=1S/C11H9N3OS/c1-14-4-7-8(5-14)16-11-9(7)10(15)6(2-12)3-13-11/h3H,4-5H2,1H3,(H,13,15). The number of thiophene rings is 1. The van der Waals surface area contributed by atoms with E-state index < -0.39 is 0 Å². The van der Waals surface area contributed by atoms with Crippen molar-refractivity contribution in [2.45, 2.75) is 13.1 Å². The molecule has 1 N–H and O–H groups in total. The largest absolute Gasteiger partial charge is 0.506 e. The maximum atomic E-state index is 10.0. The molecule has 0 spiro atoms. The fourth-order valence-electron chi connectivity index (χ4n) is 2.10. The summed E-state index contributed by atoms with van der Waals surface area (Å²) >= 11 is 1.60. The maximum Gasteiger partial charge on any atom is 0.145 e. The van der Waals surface area contributed by atoms with Crippen LogP contribution in [0, 0.1) is 11.3 Å². The van der Waals surface area contributed by atoms with Crippen molar-refractivity contribution in [2.24, 2.45) is 0 Å². The van der Waals surface area contributed by atoms with Gasteiger partial charge in [-0.25, -0.2) is 4.98 Å². The molecule has 16 heavy (non-hydrogen) atoms. The fourth-order valence-corrected chi connectivity index (χ4v) is 3.34. The number of nitrogens with zero attached hydrogens (tertiary/aromatic N) is 3. The fraction of sp³-hybridized carbons (Fsp3) is 0.273. The highest BCUT2D eigenvalue weighted by molar-refractivity contribution is 7.18. The first-order valence-electron chi connectivity index (χ1n) is 4.91. The van der Waals surface area contributed by atoms with Gasteiger partial charge in [0.1, 0.15) is 22.2 Å². The molecule has 0 aromatic carbocycles. The first-order valence-corrected chi connectivity index (χ1v) is 5.73. The molecule has 0 aliphatic carbocycles. The second-order valence-electron chi connectivity index (χ2n) is 3.99. The van der Waals surface area contributed by atoms with Crippen LogP contribution in [-0.2, 0) is 13.1 Å². The zero-order valence-corrected chi connectivity index (χ0v) is 9.51. The van der Waals surface area contributed by atoms with Gasteiger partial charge in [0.15, 0.2) is 0 Å². The highest BCUT2D eigenvalue weighted by Crippen LogP contribution is 2.41. The van der Waals surface area contributed by atoms with Crippen LogP contribution in [0.15, 0.2) is 6.20 Å². The van der Waals surface area contributed by atoms with Crippen LogP contribution in [0.2, 0.25) is 0 Å². The van der Waals surface area contributed by atoms with E-state index in [9.17, 15) is 5.11 Å². The Morgan fingerprint density at radius 3 is 3.12 bits per heavy atom. The molecule has 0 amide bonds. The Bertz CT molecular complexity index is 626. The van der Waals surface area contributed by atoms with Crippen molar-refractivity contribution in [2.75, 3.05) is 7.05 Å². The summed E-state index contributed by atoms with van der Waals surface area (Å²) in [4.78, 5) is 8.47. The van der Waals surface area contributed by atoms with Crippen molar-refractivity contribution < 1.29 is 5.11 Å². The first-order chi connectivity index (χ1) is 7.70. The van der Waals surface area contributed by atoms with E-state index in [0.717, 1.165) is 28.9 Å². The minimum absolute atomic E-state index is 0.0836. The van der Waals surface area contributed by atoms with Crippen molar-refractivity contribution in [1.82, 2.24) is 9.88 Å². The molecule has 3 heterocycles. The lowest BCUT2D eigenvalue weighted by Gasteiger charge is -2.05. The molecule has 0 fully saturated rings. The average Bonchev–Trinajstić information content (AvgIpc) is 2.74. The lowest BCUT2D eigenvalue weighted by atomic mass is 10.1. The summed E-state index contributed by atoms with van der Waals surface area (Å²) in [5.41, 5.74) is 1.38. The summed E-state index contributed by atoms with van der Waals surface area (Å²) in [6, 6.07) is 1.96. The Labute approximate surface area is 96.4 Å². The Balaban J connectivity index is 2.36. The Hall–Kier alpha value is -1.64. The molecular formula is C11H9N3OS. The molecule has 3 rings (SSSR count). The van der Waals surface area contributed by atoms with E-state index in [1.54, 1.807) is 11.3 Å². The molecular weight excluding hydrogens is 222 g/mol. The third-order valence-corrected chi connectivity index (χ3v) is 3.96. The van der Waals surface area contributed by atoms with Crippen LogP contribution in [0.1, 0.15) is 16.0 Å². The van der Waals surface area contributed by atoms with Crippen molar-refractivity contribution in [3.05, 3.63) is 22.2 Å². The molecule has 1 aliphatic rings. The first kappa shape index (κ1) is 9.58. The molecule has 0 saturated heterocycles. The molecule has 5 heteroatoms. The minimum atomic E-state index is 0.0836. The Morgan fingerprint density at radius 2 is 2.38 bits per heavy atom. The third-order valence-electron chi connectivity index (χ3n) is 2.84. The summed E-state index contributed by atoms with van der Waals surface area (Å²) < 4.78 is 0. The van der Waals surface area contributed by atoms with Gasteiger partial charge in [-0.3, -0.25) is 4.90 Å². The minimum Gasteiger partial charge on any atom is -0.506 e. The highest BCUT2D eigenvalue weighted by atomic mass is 32.1. The zero-order chi connectivity index (χ0) is 11.3. The van der Waals surface area contributed by atoms with E-state index in [1.807, 2.05) is 13.1 Å². The SMILES string of the molecule is CN1Cc2sc3ncc(C#N)c(O)c3c2C1. The summed E-state index contributed by atoms with van der Waals surface area (Å²) in [7, 11) is 2.04. The number of pyridine rings is 1. The van der Waals surface area contributed by atoms with Crippen LogP contribution in [0.3, 0.4) is 0 Å². The van der Waals surface area contributed by atoms with Crippen LogP contribution >= 0.6 is 11.3 Å². The Kier molecular flexibility index (Phi) is 1.90. The summed E-state index contributed by atoms with van der Waals surface area (Å²) in [5.74, 6) is 0.0836. The van der Waals surface area contributed by atoms with Crippen molar-refractivity contribution in [1.29, 1.82) is 5.26 Å². The summed E-state index contributed by atoms with van der Waals surface area (Å²) in [6.45, 7) is 1.72. The summed E-state index contributed by atoms with van der Waals surface area (Å²) in [5, 5.41) is 19.6. The van der Waals surface area contributed by atoms with Crippen LogP contribution in [0.4, 0.5) is 0 Å². The third kappa shape index (κ3) is 1.14. The number of fused-ring (bicyclic) bond motifs is 3. The second kappa shape index (κ2) is 3.17. The van der Waals surface area contributed by atoms with E-state index >= 15 is 0 Å². The predicted octanol–water partition coefficient (Wildman–Crippen LogP) is 1.82. The molecule has 4 nitrogen and oxygen atoms in total. The average molecular weight is 231 g/mol. The molecule has 2 aromatic rings. The van der Waals surface area contributed by atoms with Gasteiger partial charge in [0.05, 0.1) is 11.6 Å². The van der Waals surface area contributed by atoms with E-state index in [-0.39, 0.29) is 11.3 Å². The predicted molar refractivity (Wildman–Crippen MR) is 61.2 cm³/mol. The summed E-state index contributed by atoms with van der Waals surface area (Å²) in [6.07, 6.45) is 1.44. The van der Waals surface area contributed by atoms with Crippen molar-refractivity contribution in [3.8, 4) is 11.8 Å². The molecule has 0 radical (unpaired) electrons. The zero-order valence-electron chi connectivity index (χ0n) is 8.69. The van der Waals surface area contributed by atoms with Gasteiger partial charge in [0.25, 0.3) is 0 Å². The quantitative estimate of drug-likeness (QED) is 0.751. The number of nitriles is 1. The van der Waals surface area contributed by atoms with Crippen LogP contribution in [0.5, 0.6) is 5.75 Å². The smallest absolute Gasteiger partial charge is 0.145 e. The highest BCUT2D eigenvalue weighted by Gasteiger charge is 2.24.